The van der Waals surface area contributed by atoms with Crippen LogP contribution in [-0.2, 0) is 28.9 Å². The fourth-order valence-corrected chi connectivity index (χ4v) is 6.49. The van der Waals surface area contributed by atoms with Crippen LogP contribution in [0.5, 0.6) is 5.75 Å². The monoisotopic (exact) mass is 654 g/mol. The molecule has 0 spiro atoms. The third-order valence-corrected chi connectivity index (χ3v) is 9.06. The summed E-state index contributed by atoms with van der Waals surface area (Å²) in [5.41, 5.74) is 3.89. The van der Waals surface area contributed by atoms with E-state index in [9.17, 15) is 10.1 Å². The van der Waals surface area contributed by atoms with Crippen LogP contribution in [0.3, 0.4) is 0 Å². The minimum atomic E-state index is -0.805. The van der Waals surface area contributed by atoms with Gasteiger partial charge in [-0.3, -0.25) is 4.79 Å². The first-order chi connectivity index (χ1) is 21.2. The highest BCUT2D eigenvalue weighted by Crippen LogP contribution is 2.36. The second-order valence-electron chi connectivity index (χ2n) is 11.7. The van der Waals surface area contributed by atoms with Crippen LogP contribution in [0, 0.1) is 24.2 Å². The Morgan fingerprint density at radius 3 is 2.50 bits per heavy atom. The molecule has 2 atom stereocenters. The first kappa shape index (κ1) is 32.4. The van der Waals surface area contributed by atoms with Crippen molar-refractivity contribution in [2.45, 2.75) is 64.1 Å². The van der Waals surface area contributed by atoms with Crippen molar-refractivity contribution < 1.29 is 14.3 Å². The van der Waals surface area contributed by atoms with E-state index in [0.29, 0.717) is 46.9 Å². The molecule has 1 saturated heterocycles. The maximum atomic E-state index is 13.7. The van der Waals surface area contributed by atoms with Gasteiger partial charge in [0, 0.05) is 50.5 Å². The van der Waals surface area contributed by atoms with E-state index in [1.54, 1.807) is 13.3 Å². The summed E-state index contributed by atoms with van der Waals surface area (Å²) >= 11 is 19.3. The van der Waals surface area contributed by atoms with Gasteiger partial charge in [0.25, 0.3) is 0 Å². The van der Waals surface area contributed by atoms with Crippen LogP contribution in [0.15, 0.2) is 48.7 Å². The summed E-state index contributed by atoms with van der Waals surface area (Å²) in [4.78, 5) is 22.3. The molecule has 1 aliphatic carbocycles. The molecule has 1 aromatic heterocycles. The molecule has 1 saturated carbocycles. The van der Waals surface area contributed by atoms with Crippen LogP contribution >= 0.6 is 34.8 Å². The van der Waals surface area contributed by atoms with Crippen molar-refractivity contribution in [1.82, 2.24) is 9.88 Å². The van der Waals surface area contributed by atoms with E-state index in [4.69, 9.17) is 44.3 Å². The number of aromatic nitrogens is 1. The maximum absolute atomic E-state index is 13.7. The molecule has 0 radical (unpaired) electrons. The van der Waals surface area contributed by atoms with Gasteiger partial charge in [-0.25, -0.2) is 4.98 Å². The number of aryl methyl sites for hydroxylation is 2. The molecule has 2 aliphatic rings. The lowest BCUT2D eigenvalue weighted by atomic mass is 9.99. The van der Waals surface area contributed by atoms with Crippen LogP contribution in [0.2, 0.25) is 15.1 Å². The van der Waals surface area contributed by atoms with Gasteiger partial charge < -0.3 is 19.3 Å². The van der Waals surface area contributed by atoms with Crippen LogP contribution in [0.1, 0.15) is 47.9 Å². The number of carbonyl (C=O) groups is 1. The maximum Gasteiger partial charge on any atom is 0.240 e. The average molecular weight is 656 g/mol. The number of nitriles is 1. The normalized spacial score (nSPS) is 16.9. The van der Waals surface area contributed by atoms with E-state index in [0.717, 1.165) is 66.7 Å². The zero-order valence-corrected chi connectivity index (χ0v) is 27.3. The number of hydrogen-bond donors (Lipinski definition) is 0. The highest BCUT2D eigenvalue weighted by molar-refractivity contribution is 6.37. The molecule has 2 fully saturated rings. The van der Waals surface area contributed by atoms with Gasteiger partial charge in [-0.1, -0.05) is 53.0 Å². The molecule has 2 heterocycles. The highest BCUT2D eigenvalue weighted by atomic mass is 35.5. The number of benzene rings is 2. The number of halogens is 3. The minimum absolute atomic E-state index is 0.0669. The Balaban J connectivity index is 1.20. The molecule has 44 heavy (non-hydrogen) atoms. The third kappa shape index (κ3) is 8.17. The summed E-state index contributed by atoms with van der Waals surface area (Å²) < 4.78 is 11.3. The second kappa shape index (κ2) is 14.8. The number of carbonyl (C=O) groups excluding carboxylic acids is 1. The van der Waals surface area contributed by atoms with Crippen molar-refractivity contribution in [2.24, 2.45) is 5.92 Å². The van der Waals surface area contributed by atoms with Crippen molar-refractivity contribution in [2.75, 3.05) is 31.7 Å². The SMILES string of the molecule is COCCCc1ccc(Cl)c(CN(C(=O)[C@@H](C#N)Cc2ccc(N3CC[C@@H](Oc4c(Cl)cc(C)cc4Cl)C3)nc2)C2CC2)c1. The van der Waals surface area contributed by atoms with Crippen LogP contribution in [0.4, 0.5) is 5.82 Å². The first-order valence-electron chi connectivity index (χ1n) is 15.0. The predicted octanol–water partition coefficient (Wildman–Crippen LogP) is 7.46. The largest absolute Gasteiger partial charge is 0.485 e. The molecule has 10 heteroatoms. The van der Waals surface area contributed by atoms with Gasteiger partial charge in [0.05, 0.1) is 22.7 Å². The standard InChI is InChI=1S/C34H37Cl3N4O3/c1-22-14-30(36)33(31(37)15-22)44-28-11-12-40(21-28)32-10-6-24(19-39-32)17-25(18-38)34(42)41(27-7-8-27)20-26-16-23(4-3-13-43-2)5-9-29(26)35/h5-6,9-10,14-16,19,25,27-28H,3-4,7-8,11-13,17,20-21H2,1-2H3/t25-,28-/m1/s1. The molecule has 1 amide bonds. The number of anilines is 1. The fourth-order valence-electron chi connectivity index (χ4n) is 5.63. The van der Waals surface area contributed by atoms with E-state index in [2.05, 4.69) is 22.0 Å². The summed E-state index contributed by atoms with van der Waals surface area (Å²) in [6.45, 7) is 4.46. The third-order valence-electron chi connectivity index (χ3n) is 8.13. The minimum Gasteiger partial charge on any atom is -0.485 e. The average Bonchev–Trinajstić information content (AvgIpc) is 3.74. The van der Waals surface area contributed by atoms with Crippen molar-refractivity contribution in [3.8, 4) is 11.8 Å². The van der Waals surface area contributed by atoms with Crippen molar-refractivity contribution >= 4 is 46.5 Å². The topological polar surface area (TPSA) is 78.7 Å². The van der Waals surface area contributed by atoms with Gasteiger partial charge >= 0.3 is 0 Å². The molecule has 0 N–H and O–H groups in total. The molecule has 0 unspecified atom stereocenters. The van der Waals surface area contributed by atoms with E-state index in [1.165, 1.54) is 0 Å². The number of nitrogens with zero attached hydrogens (tertiary/aromatic N) is 4. The van der Waals surface area contributed by atoms with E-state index in [1.807, 2.05) is 48.2 Å². The van der Waals surface area contributed by atoms with Crippen molar-refractivity contribution in [3.05, 3.63) is 86.0 Å². The van der Waals surface area contributed by atoms with Crippen LogP contribution in [0.25, 0.3) is 0 Å². The van der Waals surface area contributed by atoms with Crippen molar-refractivity contribution in [3.63, 3.8) is 0 Å². The summed E-state index contributed by atoms with van der Waals surface area (Å²) in [5, 5.41) is 11.7. The Kier molecular flexibility index (Phi) is 10.9. The lowest BCUT2D eigenvalue weighted by molar-refractivity contribution is -0.135. The quantitative estimate of drug-likeness (QED) is 0.178. The molecule has 0 bridgehead atoms. The van der Waals surface area contributed by atoms with Gasteiger partial charge in [0.1, 0.15) is 17.8 Å². The van der Waals surface area contributed by atoms with E-state index < -0.39 is 5.92 Å². The molecular formula is C34H37Cl3N4O3. The van der Waals surface area contributed by atoms with Gasteiger partial charge in [-0.2, -0.15) is 5.26 Å². The molecular weight excluding hydrogens is 619 g/mol. The fraction of sp³-hybridized carbons (Fsp3) is 0.441. The second-order valence-corrected chi connectivity index (χ2v) is 12.9. The Morgan fingerprint density at radius 1 is 1.09 bits per heavy atom. The smallest absolute Gasteiger partial charge is 0.240 e. The Bertz CT molecular complexity index is 1480. The number of pyridine rings is 1. The van der Waals surface area contributed by atoms with Gasteiger partial charge in [0.15, 0.2) is 5.75 Å². The van der Waals surface area contributed by atoms with Crippen LogP contribution < -0.4 is 9.64 Å². The van der Waals surface area contributed by atoms with E-state index in [-0.39, 0.29) is 18.1 Å². The van der Waals surface area contributed by atoms with E-state index >= 15 is 0 Å². The number of methoxy groups -OCH3 is 1. The van der Waals surface area contributed by atoms with Gasteiger partial charge in [-0.05, 0) is 85.5 Å². The van der Waals surface area contributed by atoms with Crippen molar-refractivity contribution in [1.29, 1.82) is 5.26 Å². The number of amides is 1. The predicted molar refractivity (Wildman–Crippen MR) is 175 cm³/mol. The zero-order chi connectivity index (χ0) is 31.2. The first-order valence-corrected chi connectivity index (χ1v) is 16.2. The Labute approximate surface area is 274 Å². The molecule has 1 aliphatic heterocycles. The highest BCUT2D eigenvalue weighted by Gasteiger charge is 2.36. The Morgan fingerprint density at radius 2 is 1.84 bits per heavy atom. The van der Waals surface area contributed by atoms with Crippen LogP contribution in [-0.4, -0.2) is 54.7 Å². The number of rotatable bonds is 13. The molecule has 3 aromatic rings. The lowest BCUT2D eigenvalue weighted by Gasteiger charge is -2.26. The van der Waals surface area contributed by atoms with Gasteiger partial charge in [-0.15, -0.1) is 0 Å². The van der Waals surface area contributed by atoms with Gasteiger partial charge in [0.2, 0.25) is 5.91 Å². The summed E-state index contributed by atoms with van der Waals surface area (Å²) in [6.07, 6.45) is 6.47. The number of hydrogen-bond acceptors (Lipinski definition) is 6. The zero-order valence-electron chi connectivity index (χ0n) is 25.1. The summed E-state index contributed by atoms with van der Waals surface area (Å²) in [5.74, 6) is 0.368. The molecule has 2 aromatic carbocycles. The molecule has 5 rings (SSSR count). The molecule has 232 valence electrons. The summed E-state index contributed by atoms with van der Waals surface area (Å²) in [6, 6.07) is 16.0. The Hall–Kier alpha value is -3.02. The molecule has 7 nitrogen and oxygen atoms in total. The lowest BCUT2D eigenvalue weighted by Crippen LogP contribution is -2.38. The summed E-state index contributed by atoms with van der Waals surface area (Å²) in [7, 11) is 1.70. The number of ether oxygens (including phenoxy) is 2.